The molecule has 0 heterocycles. The molecule has 1 atom stereocenters. The average Bonchev–Trinajstić information content (AvgIpc) is 2.34. The summed E-state index contributed by atoms with van der Waals surface area (Å²) in [5.74, 6) is 1.07. The molecular formula is C15H14Cl2O2. The first-order valence-electron chi connectivity index (χ1n) is 5.89. The third-order valence-electron chi connectivity index (χ3n) is 2.75. The molecule has 0 radical (unpaired) electrons. The van der Waals surface area contributed by atoms with Gasteiger partial charge in [0.1, 0.15) is 11.5 Å². The Hall–Kier alpha value is -1.22. The summed E-state index contributed by atoms with van der Waals surface area (Å²) in [6, 6.07) is 10.7. The van der Waals surface area contributed by atoms with E-state index in [4.69, 9.17) is 27.9 Å². The van der Waals surface area contributed by atoms with Crippen LogP contribution >= 0.6 is 23.2 Å². The smallest absolute Gasteiger partial charge is 0.146 e. The SMILES string of the molecule is Cc1ccc(Oc2ccc([C@@H](C)O)cc2Cl)c(Cl)c1. The Balaban J connectivity index is 2.28. The van der Waals surface area contributed by atoms with E-state index in [1.807, 2.05) is 19.1 Å². The van der Waals surface area contributed by atoms with Gasteiger partial charge in [-0.15, -0.1) is 0 Å². The van der Waals surface area contributed by atoms with E-state index in [9.17, 15) is 5.11 Å². The minimum Gasteiger partial charge on any atom is -0.454 e. The van der Waals surface area contributed by atoms with E-state index in [1.165, 1.54) is 0 Å². The molecule has 1 N–H and O–H groups in total. The molecule has 0 aliphatic heterocycles. The molecular weight excluding hydrogens is 283 g/mol. The monoisotopic (exact) mass is 296 g/mol. The van der Waals surface area contributed by atoms with Gasteiger partial charge in [0.15, 0.2) is 0 Å². The predicted molar refractivity (Wildman–Crippen MR) is 78.3 cm³/mol. The molecule has 0 aliphatic carbocycles. The van der Waals surface area contributed by atoms with Crippen LogP contribution in [0.1, 0.15) is 24.2 Å². The van der Waals surface area contributed by atoms with Gasteiger partial charge in [-0.25, -0.2) is 0 Å². The number of aliphatic hydroxyl groups excluding tert-OH is 1. The molecule has 0 aromatic heterocycles. The Labute approximate surface area is 122 Å². The van der Waals surface area contributed by atoms with E-state index in [0.717, 1.165) is 11.1 Å². The Morgan fingerprint density at radius 1 is 1.00 bits per heavy atom. The lowest BCUT2D eigenvalue weighted by Crippen LogP contribution is -1.92. The van der Waals surface area contributed by atoms with Crippen LogP contribution in [0.5, 0.6) is 11.5 Å². The van der Waals surface area contributed by atoms with Crippen molar-refractivity contribution in [3.05, 3.63) is 57.6 Å². The number of halogens is 2. The molecule has 0 spiro atoms. The van der Waals surface area contributed by atoms with Crippen molar-refractivity contribution in [2.45, 2.75) is 20.0 Å². The van der Waals surface area contributed by atoms with Crippen LogP contribution in [0.4, 0.5) is 0 Å². The fourth-order valence-electron chi connectivity index (χ4n) is 1.67. The maximum absolute atomic E-state index is 9.48. The normalized spacial score (nSPS) is 12.3. The fraction of sp³-hybridized carbons (Fsp3) is 0.200. The van der Waals surface area contributed by atoms with Gasteiger partial charge in [0.05, 0.1) is 16.1 Å². The molecule has 4 heteroatoms. The summed E-state index contributed by atoms with van der Waals surface area (Å²) in [6.07, 6.45) is -0.561. The number of rotatable bonds is 3. The van der Waals surface area contributed by atoms with Crippen molar-refractivity contribution in [2.75, 3.05) is 0 Å². The van der Waals surface area contributed by atoms with Crippen molar-refractivity contribution >= 4 is 23.2 Å². The van der Waals surface area contributed by atoms with Gasteiger partial charge in [-0.2, -0.15) is 0 Å². The minimum atomic E-state index is -0.561. The average molecular weight is 297 g/mol. The van der Waals surface area contributed by atoms with Crippen LogP contribution in [-0.4, -0.2) is 5.11 Å². The van der Waals surface area contributed by atoms with Gasteiger partial charge < -0.3 is 9.84 Å². The Morgan fingerprint density at radius 3 is 2.11 bits per heavy atom. The van der Waals surface area contributed by atoms with Crippen molar-refractivity contribution in [1.82, 2.24) is 0 Å². The number of hydrogen-bond acceptors (Lipinski definition) is 2. The summed E-state index contributed by atoms with van der Waals surface area (Å²) in [7, 11) is 0. The zero-order valence-electron chi connectivity index (χ0n) is 10.7. The van der Waals surface area contributed by atoms with Gasteiger partial charge in [-0.1, -0.05) is 35.3 Å². The minimum absolute atomic E-state index is 0.440. The van der Waals surface area contributed by atoms with Crippen LogP contribution in [-0.2, 0) is 0 Å². The number of benzene rings is 2. The number of aryl methyl sites for hydroxylation is 1. The molecule has 2 rings (SSSR count). The van der Waals surface area contributed by atoms with Gasteiger partial charge in [0, 0.05) is 0 Å². The van der Waals surface area contributed by atoms with Crippen LogP contribution in [0.15, 0.2) is 36.4 Å². The van der Waals surface area contributed by atoms with Crippen LogP contribution in [0.3, 0.4) is 0 Å². The highest BCUT2D eigenvalue weighted by Gasteiger charge is 2.09. The Kier molecular flexibility index (Phi) is 4.35. The van der Waals surface area contributed by atoms with Crippen LogP contribution in [0, 0.1) is 6.92 Å². The van der Waals surface area contributed by atoms with Gasteiger partial charge in [0.2, 0.25) is 0 Å². The van der Waals surface area contributed by atoms with Gasteiger partial charge in [-0.3, -0.25) is 0 Å². The standard InChI is InChI=1S/C15H14Cl2O2/c1-9-3-5-14(12(16)7-9)19-15-6-4-11(10(2)18)8-13(15)17/h3-8,10,18H,1-2H3/t10-/m1/s1. The highest BCUT2D eigenvalue weighted by molar-refractivity contribution is 6.33. The zero-order valence-corrected chi connectivity index (χ0v) is 12.2. The molecule has 0 saturated heterocycles. The van der Waals surface area contributed by atoms with Crippen molar-refractivity contribution in [3.63, 3.8) is 0 Å². The summed E-state index contributed by atoms with van der Waals surface area (Å²) >= 11 is 12.2. The molecule has 0 amide bonds. The zero-order chi connectivity index (χ0) is 14.0. The van der Waals surface area contributed by atoms with E-state index in [-0.39, 0.29) is 0 Å². The van der Waals surface area contributed by atoms with E-state index >= 15 is 0 Å². The molecule has 0 fully saturated rings. The molecule has 2 nitrogen and oxygen atoms in total. The molecule has 0 saturated carbocycles. The molecule has 2 aromatic carbocycles. The van der Waals surface area contributed by atoms with E-state index in [0.29, 0.717) is 21.5 Å². The fourth-order valence-corrected chi connectivity index (χ4v) is 2.17. The second-order valence-electron chi connectivity index (χ2n) is 4.40. The maximum atomic E-state index is 9.48. The van der Waals surface area contributed by atoms with Crippen molar-refractivity contribution in [2.24, 2.45) is 0 Å². The number of ether oxygens (including phenoxy) is 1. The summed E-state index contributed by atoms with van der Waals surface area (Å²) in [5, 5.41) is 10.5. The topological polar surface area (TPSA) is 29.5 Å². The van der Waals surface area contributed by atoms with Gasteiger partial charge in [0.25, 0.3) is 0 Å². The summed E-state index contributed by atoms with van der Waals surface area (Å²) in [6.45, 7) is 3.64. The molecule has 100 valence electrons. The third-order valence-corrected chi connectivity index (χ3v) is 3.34. The first-order valence-corrected chi connectivity index (χ1v) is 6.64. The molecule has 19 heavy (non-hydrogen) atoms. The van der Waals surface area contributed by atoms with E-state index in [1.54, 1.807) is 31.2 Å². The van der Waals surface area contributed by atoms with Crippen LogP contribution in [0.2, 0.25) is 10.0 Å². The first kappa shape index (κ1) is 14.2. The number of hydrogen-bond donors (Lipinski definition) is 1. The summed E-state index contributed by atoms with van der Waals surface area (Å²) in [4.78, 5) is 0. The van der Waals surface area contributed by atoms with Crippen molar-refractivity contribution < 1.29 is 9.84 Å². The van der Waals surface area contributed by atoms with Crippen LogP contribution < -0.4 is 4.74 Å². The lowest BCUT2D eigenvalue weighted by Gasteiger charge is -2.11. The largest absolute Gasteiger partial charge is 0.454 e. The van der Waals surface area contributed by atoms with Gasteiger partial charge >= 0.3 is 0 Å². The Morgan fingerprint density at radius 2 is 1.58 bits per heavy atom. The molecule has 0 unspecified atom stereocenters. The summed E-state index contributed by atoms with van der Waals surface area (Å²) in [5.41, 5.74) is 1.81. The van der Waals surface area contributed by atoms with E-state index < -0.39 is 6.10 Å². The van der Waals surface area contributed by atoms with E-state index in [2.05, 4.69) is 0 Å². The van der Waals surface area contributed by atoms with Crippen molar-refractivity contribution in [1.29, 1.82) is 0 Å². The lowest BCUT2D eigenvalue weighted by atomic mass is 10.1. The Bertz CT molecular complexity index is 595. The second kappa shape index (κ2) is 5.83. The van der Waals surface area contributed by atoms with Crippen LogP contribution in [0.25, 0.3) is 0 Å². The quantitative estimate of drug-likeness (QED) is 0.849. The predicted octanol–water partition coefficient (Wildman–Crippen LogP) is 5.15. The third kappa shape index (κ3) is 3.41. The first-order chi connectivity index (χ1) is 8.97. The molecule has 2 aromatic rings. The second-order valence-corrected chi connectivity index (χ2v) is 5.22. The maximum Gasteiger partial charge on any atom is 0.146 e. The lowest BCUT2D eigenvalue weighted by molar-refractivity contribution is 0.199. The molecule has 0 bridgehead atoms. The summed E-state index contributed by atoms with van der Waals surface area (Å²) < 4.78 is 5.68. The highest BCUT2D eigenvalue weighted by Crippen LogP contribution is 2.35. The van der Waals surface area contributed by atoms with Gasteiger partial charge in [-0.05, 0) is 49.2 Å². The molecule has 0 aliphatic rings. The number of aliphatic hydroxyl groups is 1. The highest BCUT2D eigenvalue weighted by atomic mass is 35.5. The van der Waals surface area contributed by atoms with Crippen molar-refractivity contribution in [3.8, 4) is 11.5 Å².